The average Bonchev–Trinajstić information content (AvgIpc) is 2.82. The summed E-state index contributed by atoms with van der Waals surface area (Å²) in [5, 5.41) is 3.27. The minimum Gasteiger partial charge on any atom is -0.298 e. The van der Waals surface area contributed by atoms with Gasteiger partial charge in [-0.25, -0.2) is 13.8 Å². The number of carbonyl (C=O) groups excluding carboxylic acids is 1. The number of hydrogen-bond donors (Lipinski definition) is 1. The molecule has 1 N–H and O–H groups in total. The third-order valence-corrected chi connectivity index (χ3v) is 3.91. The Bertz CT molecular complexity index is 833. The lowest BCUT2D eigenvalue weighted by Gasteiger charge is -2.01. The van der Waals surface area contributed by atoms with Crippen LogP contribution in [0.2, 0.25) is 5.02 Å². The van der Waals surface area contributed by atoms with Crippen molar-refractivity contribution in [2.24, 2.45) is 0 Å². The number of nitrogens with zero attached hydrogens (tertiary/aromatic N) is 1. The van der Waals surface area contributed by atoms with E-state index in [1.807, 2.05) is 0 Å². The second kappa shape index (κ2) is 5.38. The molecule has 0 aliphatic rings. The van der Waals surface area contributed by atoms with Gasteiger partial charge in [-0.05, 0) is 30.3 Å². The van der Waals surface area contributed by atoms with Crippen LogP contribution in [0, 0.1) is 11.6 Å². The van der Waals surface area contributed by atoms with Crippen LogP contribution >= 0.6 is 22.9 Å². The summed E-state index contributed by atoms with van der Waals surface area (Å²) in [7, 11) is 0. The monoisotopic (exact) mass is 324 g/mol. The number of aromatic nitrogens is 1. The quantitative estimate of drug-likeness (QED) is 0.755. The minimum atomic E-state index is -0.756. The summed E-state index contributed by atoms with van der Waals surface area (Å²) in [5.74, 6) is -1.83. The Morgan fingerprint density at radius 1 is 1.19 bits per heavy atom. The Kier molecular flexibility index (Phi) is 3.57. The molecule has 0 saturated heterocycles. The van der Waals surface area contributed by atoms with Gasteiger partial charge < -0.3 is 0 Å². The summed E-state index contributed by atoms with van der Waals surface area (Å²) < 4.78 is 27.0. The van der Waals surface area contributed by atoms with Gasteiger partial charge in [-0.1, -0.05) is 22.9 Å². The van der Waals surface area contributed by atoms with Crippen LogP contribution in [0.3, 0.4) is 0 Å². The van der Waals surface area contributed by atoms with Crippen LogP contribution in [0.4, 0.5) is 13.9 Å². The molecule has 1 heterocycles. The minimum absolute atomic E-state index is 0.0350. The van der Waals surface area contributed by atoms with Crippen LogP contribution in [0.25, 0.3) is 10.2 Å². The molecule has 0 saturated carbocycles. The van der Waals surface area contributed by atoms with Crippen molar-refractivity contribution in [3.05, 3.63) is 58.6 Å². The predicted molar refractivity (Wildman–Crippen MR) is 78.9 cm³/mol. The van der Waals surface area contributed by atoms with Gasteiger partial charge in [0.2, 0.25) is 0 Å². The number of rotatable bonds is 2. The number of benzene rings is 2. The molecule has 3 aromatic rings. The number of nitrogens with one attached hydrogen (secondary N) is 1. The zero-order chi connectivity index (χ0) is 15.0. The normalized spacial score (nSPS) is 10.8. The first-order valence-corrected chi connectivity index (χ1v) is 7.05. The summed E-state index contributed by atoms with van der Waals surface area (Å²) in [4.78, 5) is 16.0. The first kappa shape index (κ1) is 13.9. The SMILES string of the molecule is O=C(Nc1nc2c(F)cc(F)cc2s1)c1ccc(Cl)cc1. The van der Waals surface area contributed by atoms with Crippen LogP contribution in [0.15, 0.2) is 36.4 Å². The largest absolute Gasteiger partial charge is 0.298 e. The molecule has 21 heavy (non-hydrogen) atoms. The van der Waals surface area contributed by atoms with E-state index in [1.165, 1.54) is 6.07 Å². The highest BCUT2D eigenvalue weighted by molar-refractivity contribution is 7.22. The number of carbonyl (C=O) groups is 1. The molecule has 3 rings (SSSR count). The summed E-state index contributed by atoms with van der Waals surface area (Å²) in [6.07, 6.45) is 0. The number of amides is 1. The van der Waals surface area contributed by atoms with Crippen molar-refractivity contribution in [3.63, 3.8) is 0 Å². The maximum atomic E-state index is 13.5. The number of anilines is 1. The molecule has 1 aromatic heterocycles. The van der Waals surface area contributed by atoms with Crippen molar-refractivity contribution >= 4 is 44.2 Å². The molecular weight excluding hydrogens is 318 g/mol. The van der Waals surface area contributed by atoms with Crippen molar-refractivity contribution in [3.8, 4) is 0 Å². The van der Waals surface area contributed by atoms with Gasteiger partial charge in [0.25, 0.3) is 5.91 Å². The number of fused-ring (bicyclic) bond motifs is 1. The van der Waals surface area contributed by atoms with Crippen molar-refractivity contribution in [2.45, 2.75) is 0 Å². The van der Waals surface area contributed by atoms with Gasteiger partial charge in [-0.15, -0.1) is 0 Å². The summed E-state index contributed by atoms with van der Waals surface area (Å²) in [6, 6.07) is 8.23. The van der Waals surface area contributed by atoms with E-state index in [1.54, 1.807) is 24.3 Å². The Hall–Kier alpha value is -2.05. The highest BCUT2D eigenvalue weighted by Crippen LogP contribution is 2.29. The molecule has 0 bridgehead atoms. The standard InChI is InChI=1S/C14H7ClF2N2OS/c15-8-3-1-7(2-4-8)13(20)19-14-18-12-10(17)5-9(16)6-11(12)21-14/h1-6H,(H,18,19,20). The first-order valence-electron chi connectivity index (χ1n) is 5.85. The van der Waals surface area contributed by atoms with Crippen molar-refractivity contribution in [2.75, 3.05) is 5.32 Å². The van der Waals surface area contributed by atoms with E-state index in [0.29, 0.717) is 15.3 Å². The van der Waals surface area contributed by atoms with Gasteiger partial charge in [0.1, 0.15) is 11.3 Å². The fraction of sp³-hybridized carbons (Fsp3) is 0. The predicted octanol–water partition coefficient (Wildman–Crippen LogP) is 4.48. The summed E-state index contributed by atoms with van der Waals surface area (Å²) in [5.41, 5.74) is 0.429. The highest BCUT2D eigenvalue weighted by Gasteiger charge is 2.13. The molecule has 2 aromatic carbocycles. The molecule has 7 heteroatoms. The van der Waals surface area contributed by atoms with Gasteiger partial charge in [-0.2, -0.15) is 0 Å². The molecule has 0 spiro atoms. The van der Waals surface area contributed by atoms with Crippen molar-refractivity contribution in [1.82, 2.24) is 4.98 Å². The van der Waals surface area contributed by atoms with Crippen LogP contribution in [-0.4, -0.2) is 10.9 Å². The number of thiazole rings is 1. The fourth-order valence-corrected chi connectivity index (χ4v) is 2.81. The number of halogens is 3. The van der Waals surface area contributed by atoms with Gasteiger partial charge in [0.15, 0.2) is 10.9 Å². The van der Waals surface area contributed by atoms with Gasteiger partial charge in [-0.3, -0.25) is 10.1 Å². The molecule has 0 fully saturated rings. The van der Waals surface area contributed by atoms with Gasteiger partial charge >= 0.3 is 0 Å². The molecule has 0 unspecified atom stereocenters. The molecular formula is C14H7ClF2N2OS. The van der Waals surface area contributed by atoms with Gasteiger partial charge in [0.05, 0.1) is 4.70 Å². The Morgan fingerprint density at radius 2 is 1.90 bits per heavy atom. The lowest BCUT2D eigenvalue weighted by molar-refractivity contribution is 0.102. The fourth-order valence-electron chi connectivity index (χ4n) is 1.78. The van der Waals surface area contributed by atoms with Crippen LogP contribution in [0.1, 0.15) is 10.4 Å². The first-order chi connectivity index (χ1) is 10.0. The maximum Gasteiger partial charge on any atom is 0.257 e. The maximum absolute atomic E-state index is 13.5. The molecule has 0 atom stereocenters. The van der Waals surface area contributed by atoms with E-state index >= 15 is 0 Å². The Morgan fingerprint density at radius 3 is 2.62 bits per heavy atom. The van der Waals surface area contributed by atoms with Crippen LogP contribution in [0.5, 0.6) is 0 Å². The van der Waals surface area contributed by atoms with E-state index in [9.17, 15) is 13.6 Å². The topological polar surface area (TPSA) is 42.0 Å². The molecule has 3 nitrogen and oxygen atoms in total. The summed E-state index contributed by atoms with van der Waals surface area (Å²) in [6.45, 7) is 0. The molecule has 0 radical (unpaired) electrons. The zero-order valence-electron chi connectivity index (χ0n) is 10.4. The van der Waals surface area contributed by atoms with E-state index in [-0.39, 0.29) is 10.6 Å². The molecule has 106 valence electrons. The number of hydrogen-bond acceptors (Lipinski definition) is 3. The Balaban J connectivity index is 1.89. The van der Waals surface area contributed by atoms with Crippen LogP contribution in [-0.2, 0) is 0 Å². The smallest absolute Gasteiger partial charge is 0.257 e. The van der Waals surface area contributed by atoms with Crippen LogP contribution < -0.4 is 5.32 Å². The Labute approximate surface area is 127 Å². The molecule has 0 aliphatic heterocycles. The lowest BCUT2D eigenvalue weighted by Crippen LogP contribution is -2.11. The highest BCUT2D eigenvalue weighted by atomic mass is 35.5. The van der Waals surface area contributed by atoms with E-state index in [0.717, 1.165) is 17.4 Å². The second-order valence-corrected chi connectivity index (χ2v) is 5.68. The molecule has 0 aliphatic carbocycles. The zero-order valence-corrected chi connectivity index (χ0v) is 11.9. The van der Waals surface area contributed by atoms with Crippen molar-refractivity contribution < 1.29 is 13.6 Å². The third kappa shape index (κ3) is 2.86. The third-order valence-electron chi connectivity index (χ3n) is 2.74. The lowest BCUT2D eigenvalue weighted by atomic mass is 10.2. The van der Waals surface area contributed by atoms with Crippen molar-refractivity contribution in [1.29, 1.82) is 0 Å². The molecule has 1 amide bonds. The van der Waals surface area contributed by atoms with E-state index < -0.39 is 17.5 Å². The van der Waals surface area contributed by atoms with Gasteiger partial charge in [0, 0.05) is 16.7 Å². The second-order valence-electron chi connectivity index (χ2n) is 4.21. The van der Waals surface area contributed by atoms with E-state index in [2.05, 4.69) is 10.3 Å². The average molecular weight is 325 g/mol. The summed E-state index contributed by atoms with van der Waals surface area (Å²) >= 11 is 6.75. The van der Waals surface area contributed by atoms with E-state index in [4.69, 9.17) is 11.6 Å².